The van der Waals surface area contributed by atoms with Crippen molar-refractivity contribution in [3.05, 3.63) is 23.4 Å². The van der Waals surface area contributed by atoms with E-state index in [2.05, 4.69) is 5.10 Å². The van der Waals surface area contributed by atoms with E-state index in [-0.39, 0.29) is 11.2 Å². The van der Waals surface area contributed by atoms with Crippen molar-refractivity contribution in [1.29, 1.82) is 0 Å². The first-order valence-electron chi connectivity index (χ1n) is 6.69. The molecule has 3 rings (SSSR count). The van der Waals surface area contributed by atoms with Gasteiger partial charge in [-0.1, -0.05) is 17.7 Å². The van der Waals surface area contributed by atoms with E-state index in [0.29, 0.717) is 5.02 Å². The standard InChI is InChI=1S/C14H18BClN2O2/c1-13(2)14(3,4)20-15(19-13)10-6-7-11-9(12(10)16)8-18(5)17-11/h6-8H,1-5H3. The van der Waals surface area contributed by atoms with Gasteiger partial charge in [-0.15, -0.1) is 0 Å². The molecule has 1 aromatic heterocycles. The molecule has 1 aliphatic heterocycles. The van der Waals surface area contributed by atoms with Crippen molar-refractivity contribution < 1.29 is 9.31 Å². The van der Waals surface area contributed by atoms with Gasteiger partial charge in [-0.05, 0) is 33.8 Å². The van der Waals surface area contributed by atoms with Crippen LogP contribution in [0.15, 0.2) is 18.3 Å². The second-order valence-electron chi connectivity index (χ2n) is 6.29. The Bertz CT molecular complexity index is 665. The summed E-state index contributed by atoms with van der Waals surface area (Å²) >= 11 is 6.51. The van der Waals surface area contributed by atoms with Crippen LogP contribution < -0.4 is 5.46 Å². The van der Waals surface area contributed by atoms with Crippen molar-refractivity contribution in [1.82, 2.24) is 9.78 Å². The first kappa shape index (κ1) is 13.9. The van der Waals surface area contributed by atoms with Crippen LogP contribution >= 0.6 is 11.6 Å². The molecule has 0 N–H and O–H groups in total. The number of benzene rings is 1. The van der Waals surface area contributed by atoms with E-state index < -0.39 is 7.12 Å². The Kier molecular flexibility index (Phi) is 2.94. The fraction of sp³-hybridized carbons (Fsp3) is 0.500. The molecular formula is C14H18BClN2O2. The molecule has 0 amide bonds. The van der Waals surface area contributed by atoms with Gasteiger partial charge in [-0.25, -0.2) is 0 Å². The van der Waals surface area contributed by atoms with E-state index in [1.165, 1.54) is 0 Å². The molecule has 106 valence electrons. The maximum absolute atomic E-state index is 6.51. The Labute approximate surface area is 124 Å². The number of nitrogens with zero attached hydrogens (tertiary/aromatic N) is 2. The van der Waals surface area contributed by atoms with E-state index in [4.69, 9.17) is 20.9 Å². The van der Waals surface area contributed by atoms with Crippen LogP contribution in [0.1, 0.15) is 27.7 Å². The molecule has 0 bridgehead atoms. The number of hydrogen-bond acceptors (Lipinski definition) is 3. The first-order valence-corrected chi connectivity index (χ1v) is 7.06. The van der Waals surface area contributed by atoms with Crippen LogP contribution in [-0.4, -0.2) is 28.1 Å². The molecule has 1 saturated heterocycles. The molecule has 0 saturated carbocycles. The Balaban J connectivity index is 2.06. The van der Waals surface area contributed by atoms with Crippen molar-refractivity contribution in [2.75, 3.05) is 0 Å². The average Bonchev–Trinajstić information content (AvgIpc) is 2.78. The van der Waals surface area contributed by atoms with Crippen LogP contribution in [0.4, 0.5) is 0 Å². The Morgan fingerprint density at radius 3 is 2.35 bits per heavy atom. The highest BCUT2D eigenvalue weighted by Gasteiger charge is 2.52. The third-order valence-corrected chi connectivity index (χ3v) is 4.70. The third kappa shape index (κ3) is 1.96. The van der Waals surface area contributed by atoms with Gasteiger partial charge in [-0.2, -0.15) is 5.10 Å². The van der Waals surface area contributed by atoms with Crippen LogP contribution in [0.3, 0.4) is 0 Å². The maximum Gasteiger partial charge on any atom is 0.496 e. The number of aromatic nitrogens is 2. The lowest BCUT2D eigenvalue weighted by Gasteiger charge is -2.32. The molecule has 0 aliphatic carbocycles. The minimum Gasteiger partial charge on any atom is -0.399 e. The number of aryl methyl sites for hydroxylation is 1. The molecule has 1 aliphatic rings. The van der Waals surface area contributed by atoms with Crippen LogP contribution in [0.5, 0.6) is 0 Å². The Hall–Kier alpha value is -1.04. The van der Waals surface area contributed by atoms with Crippen molar-refractivity contribution >= 4 is 35.1 Å². The maximum atomic E-state index is 6.51. The summed E-state index contributed by atoms with van der Waals surface area (Å²) in [5.41, 5.74) is 0.985. The third-order valence-electron chi connectivity index (χ3n) is 4.28. The largest absolute Gasteiger partial charge is 0.496 e. The fourth-order valence-corrected chi connectivity index (χ4v) is 2.64. The SMILES string of the molecule is Cn1cc2c(Cl)c(B3OC(C)(C)C(C)(C)O3)ccc2n1. The van der Waals surface area contributed by atoms with Crippen LogP contribution in [-0.2, 0) is 16.4 Å². The zero-order valence-electron chi connectivity index (χ0n) is 12.4. The molecule has 20 heavy (non-hydrogen) atoms. The lowest BCUT2D eigenvalue weighted by Crippen LogP contribution is -2.41. The molecular weight excluding hydrogens is 274 g/mol. The molecule has 0 radical (unpaired) electrons. The summed E-state index contributed by atoms with van der Waals surface area (Å²) in [7, 11) is 1.43. The lowest BCUT2D eigenvalue weighted by atomic mass is 9.78. The average molecular weight is 293 g/mol. The molecule has 2 aromatic rings. The second-order valence-corrected chi connectivity index (χ2v) is 6.67. The summed E-state index contributed by atoms with van der Waals surface area (Å²) in [4.78, 5) is 0. The van der Waals surface area contributed by atoms with Gasteiger partial charge in [0, 0.05) is 24.1 Å². The van der Waals surface area contributed by atoms with Crippen LogP contribution in [0, 0.1) is 0 Å². The van der Waals surface area contributed by atoms with E-state index in [9.17, 15) is 0 Å². The Morgan fingerprint density at radius 2 is 1.75 bits per heavy atom. The lowest BCUT2D eigenvalue weighted by molar-refractivity contribution is 0.00578. The quantitative estimate of drug-likeness (QED) is 0.758. The van der Waals surface area contributed by atoms with E-state index in [1.807, 2.05) is 53.1 Å². The van der Waals surface area contributed by atoms with Crippen molar-refractivity contribution in [3.63, 3.8) is 0 Å². The first-order chi connectivity index (χ1) is 9.21. The van der Waals surface area contributed by atoms with Crippen LogP contribution in [0.25, 0.3) is 10.9 Å². The number of halogens is 1. The highest BCUT2D eigenvalue weighted by Crippen LogP contribution is 2.37. The molecule has 0 spiro atoms. The monoisotopic (exact) mass is 292 g/mol. The highest BCUT2D eigenvalue weighted by atomic mass is 35.5. The van der Waals surface area contributed by atoms with Crippen LogP contribution in [0.2, 0.25) is 5.02 Å². The van der Waals surface area contributed by atoms with Crippen molar-refractivity contribution in [3.8, 4) is 0 Å². The zero-order valence-corrected chi connectivity index (χ0v) is 13.2. The van der Waals surface area contributed by atoms with Crippen molar-refractivity contribution in [2.24, 2.45) is 7.05 Å². The van der Waals surface area contributed by atoms with Gasteiger partial charge in [-0.3, -0.25) is 4.68 Å². The van der Waals surface area contributed by atoms with Gasteiger partial charge in [0.15, 0.2) is 0 Å². The number of hydrogen-bond donors (Lipinski definition) is 0. The zero-order chi connectivity index (χ0) is 14.7. The molecule has 0 unspecified atom stereocenters. The Morgan fingerprint density at radius 1 is 1.15 bits per heavy atom. The number of rotatable bonds is 1. The van der Waals surface area contributed by atoms with Gasteiger partial charge in [0.1, 0.15) is 0 Å². The predicted molar refractivity (Wildman–Crippen MR) is 81.4 cm³/mol. The summed E-state index contributed by atoms with van der Waals surface area (Å²) in [5.74, 6) is 0. The molecule has 1 fully saturated rings. The van der Waals surface area contributed by atoms with E-state index in [0.717, 1.165) is 16.4 Å². The van der Waals surface area contributed by atoms with Gasteiger partial charge < -0.3 is 9.31 Å². The smallest absolute Gasteiger partial charge is 0.399 e. The normalized spacial score (nSPS) is 20.8. The van der Waals surface area contributed by atoms with Gasteiger partial charge in [0.25, 0.3) is 0 Å². The molecule has 4 nitrogen and oxygen atoms in total. The molecule has 1 aromatic carbocycles. The highest BCUT2D eigenvalue weighted by molar-refractivity contribution is 6.66. The molecule has 0 atom stereocenters. The van der Waals surface area contributed by atoms with E-state index >= 15 is 0 Å². The van der Waals surface area contributed by atoms with E-state index in [1.54, 1.807) is 4.68 Å². The summed E-state index contributed by atoms with van der Waals surface area (Å²) in [5, 5.41) is 5.91. The molecule has 2 heterocycles. The summed E-state index contributed by atoms with van der Waals surface area (Å²) < 4.78 is 13.9. The topological polar surface area (TPSA) is 36.3 Å². The second kappa shape index (κ2) is 4.23. The predicted octanol–water partition coefficient (Wildman–Crippen LogP) is 2.53. The van der Waals surface area contributed by atoms with Gasteiger partial charge in [0.2, 0.25) is 0 Å². The van der Waals surface area contributed by atoms with Gasteiger partial charge >= 0.3 is 7.12 Å². The minimum atomic E-state index is -0.447. The number of fused-ring (bicyclic) bond motifs is 1. The molecule has 6 heteroatoms. The van der Waals surface area contributed by atoms with Gasteiger partial charge in [0.05, 0.1) is 21.7 Å². The summed E-state index contributed by atoms with van der Waals surface area (Å²) in [6.45, 7) is 8.13. The summed E-state index contributed by atoms with van der Waals surface area (Å²) in [6, 6.07) is 3.88. The van der Waals surface area contributed by atoms with Crippen molar-refractivity contribution in [2.45, 2.75) is 38.9 Å². The fourth-order valence-electron chi connectivity index (χ4n) is 2.35. The summed E-state index contributed by atoms with van der Waals surface area (Å²) in [6.07, 6.45) is 1.91. The minimum absolute atomic E-state index is 0.370.